The van der Waals surface area contributed by atoms with Crippen molar-refractivity contribution >= 4 is 18.0 Å². The zero-order valence-corrected chi connectivity index (χ0v) is 38.0. The summed E-state index contributed by atoms with van der Waals surface area (Å²) in [7, 11) is 0. The van der Waals surface area contributed by atoms with Gasteiger partial charge in [0, 0.05) is 49.3 Å². The molecule has 6 aliphatic rings. The highest BCUT2D eigenvalue weighted by atomic mass is 19.4. The number of hydrogen-bond acceptors (Lipinski definition) is 5. The Labute approximate surface area is 379 Å². The highest BCUT2D eigenvalue weighted by Crippen LogP contribution is 2.54. The summed E-state index contributed by atoms with van der Waals surface area (Å²) in [6.45, 7) is 4.01. The van der Waals surface area contributed by atoms with Crippen LogP contribution in [-0.2, 0) is 4.79 Å². The van der Waals surface area contributed by atoms with Gasteiger partial charge in [0.2, 0.25) is 0 Å². The monoisotopic (exact) mass is 893 g/mol. The maximum absolute atomic E-state index is 12.5. The molecule has 0 spiro atoms. The van der Waals surface area contributed by atoms with Gasteiger partial charge in [0.05, 0.1) is 0 Å². The van der Waals surface area contributed by atoms with Crippen LogP contribution in [0.2, 0.25) is 0 Å². The number of carboxylic acids is 1. The van der Waals surface area contributed by atoms with Crippen LogP contribution < -0.4 is 21.3 Å². The Hall–Kier alpha value is -3.84. The van der Waals surface area contributed by atoms with Crippen LogP contribution in [0.3, 0.4) is 0 Å². The Morgan fingerprint density at radius 2 is 0.797 bits per heavy atom. The maximum atomic E-state index is 12.5. The van der Waals surface area contributed by atoms with E-state index in [0.29, 0.717) is 36.3 Å². The lowest BCUT2D eigenvalue weighted by Gasteiger charge is -2.31. The van der Waals surface area contributed by atoms with Crippen LogP contribution in [0.25, 0.3) is 0 Å². The van der Waals surface area contributed by atoms with Crippen molar-refractivity contribution in [1.29, 1.82) is 0 Å². The third-order valence-corrected chi connectivity index (χ3v) is 15.6. The molecule has 354 valence electrons. The number of urea groups is 2. The minimum atomic E-state index is -5.08. The summed E-state index contributed by atoms with van der Waals surface area (Å²) in [5, 5.41) is 19.9. The van der Waals surface area contributed by atoms with Crippen molar-refractivity contribution in [2.24, 2.45) is 11.8 Å². The molecule has 2 aromatic rings. The summed E-state index contributed by atoms with van der Waals surface area (Å²) in [4.78, 5) is 39.6. The van der Waals surface area contributed by atoms with Crippen molar-refractivity contribution in [3.05, 3.63) is 70.8 Å². The topological polar surface area (TPSA) is 126 Å². The van der Waals surface area contributed by atoms with Crippen molar-refractivity contribution in [2.45, 2.75) is 190 Å². The normalized spacial score (nSPS) is 27.0. The maximum Gasteiger partial charge on any atom is 0.490 e. The number of rotatable bonds is 20. The molecular formula is C51H75F3N6O4. The van der Waals surface area contributed by atoms with Gasteiger partial charge in [0.1, 0.15) is 0 Å². The molecular weight excluding hydrogens is 818 g/mol. The Kier molecular flexibility index (Phi) is 17.7. The molecule has 8 rings (SSSR count). The number of alkyl halides is 3. The van der Waals surface area contributed by atoms with E-state index in [1.807, 2.05) is 0 Å². The van der Waals surface area contributed by atoms with Crippen molar-refractivity contribution in [1.82, 2.24) is 31.1 Å². The lowest BCUT2D eigenvalue weighted by molar-refractivity contribution is -0.192. The van der Waals surface area contributed by atoms with E-state index in [-0.39, 0.29) is 12.1 Å². The highest BCUT2D eigenvalue weighted by Gasteiger charge is 2.44. The van der Waals surface area contributed by atoms with E-state index < -0.39 is 12.1 Å². The molecule has 4 amide bonds. The standard InChI is InChI=1S/C49H74N6O2.C2HF3O2/c56-48(52-38-22-18-36(19-23-38)30-34-54-44-26-27-45(54)41-15-9-8-14-40(41)44)50-32-12-6-4-2-1-3-5-7-13-33-51-49(57)53-39-24-20-37(21-25-39)31-35-55-46-28-29-47(55)43-17-11-10-16-42(43)46;3-2(4,5)1(6)7/h8-11,14-17,36-39,44-47H,1-7,12-13,18-35H2,(H2,50,52,56)(H2,51,53,57);(H,6,7)/t36?,37?,38?,39?,44-,45+,46-,47+;. The Morgan fingerprint density at radius 3 is 1.09 bits per heavy atom. The van der Waals surface area contributed by atoms with E-state index in [1.54, 1.807) is 22.3 Å². The third kappa shape index (κ3) is 13.2. The lowest BCUT2D eigenvalue weighted by Crippen LogP contribution is -2.44. The fourth-order valence-corrected chi connectivity index (χ4v) is 12.1. The van der Waals surface area contributed by atoms with Gasteiger partial charge in [-0.15, -0.1) is 0 Å². The molecule has 4 fully saturated rings. The van der Waals surface area contributed by atoms with Gasteiger partial charge in [-0.05, 0) is 150 Å². The van der Waals surface area contributed by atoms with Gasteiger partial charge >= 0.3 is 24.2 Å². The Balaban J connectivity index is 0.000000809. The second kappa shape index (κ2) is 23.6. The second-order valence-corrected chi connectivity index (χ2v) is 19.7. The van der Waals surface area contributed by atoms with Gasteiger partial charge in [-0.3, -0.25) is 9.80 Å². The number of unbranched alkanes of at least 4 members (excludes halogenated alkanes) is 8. The van der Waals surface area contributed by atoms with E-state index >= 15 is 0 Å². The molecule has 0 radical (unpaired) electrons. The molecule has 5 N–H and O–H groups in total. The van der Waals surface area contributed by atoms with Crippen molar-refractivity contribution in [3.8, 4) is 0 Å². The molecule has 2 saturated heterocycles. The molecule has 13 heteroatoms. The van der Waals surface area contributed by atoms with Crippen LogP contribution in [0.1, 0.15) is 194 Å². The molecule has 0 aromatic heterocycles. The predicted molar refractivity (Wildman–Crippen MR) is 245 cm³/mol. The minimum absolute atomic E-state index is 0.0288. The Bertz CT molecular complexity index is 1620. The molecule has 10 nitrogen and oxygen atoms in total. The molecule has 0 unspecified atom stereocenters. The lowest BCUT2D eigenvalue weighted by atomic mass is 9.84. The number of hydrogen-bond donors (Lipinski definition) is 5. The predicted octanol–water partition coefficient (Wildman–Crippen LogP) is 11.4. The van der Waals surface area contributed by atoms with E-state index in [9.17, 15) is 22.8 Å². The van der Waals surface area contributed by atoms with Gasteiger partial charge < -0.3 is 26.4 Å². The minimum Gasteiger partial charge on any atom is -0.475 e. The summed E-state index contributed by atoms with van der Waals surface area (Å²) in [5.74, 6) is -1.16. The quantitative estimate of drug-likeness (QED) is 0.0843. The average molecular weight is 893 g/mol. The van der Waals surface area contributed by atoms with Crippen LogP contribution in [0.15, 0.2) is 48.5 Å². The molecule has 2 aromatic carbocycles. The molecule has 4 aliphatic heterocycles. The fraction of sp³-hybridized carbons (Fsp3) is 0.706. The zero-order chi connectivity index (χ0) is 44.9. The van der Waals surface area contributed by atoms with Crippen LogP contribution in [0, 0.1) is 11.8 Å². The largest absolute Gasteiger partial charge is 0.490 e. The molecule has 4 heterocycles. The first kappa shape index (κ1) is 48.1. The van der Waals surface area contributed by atoms with E-state index in [2.05, 4.69) is 79.6 Å². The molecule has 4 atom stereocenters. The molecule has 64 heavy (non-hydrogen) atoms. The number of amides is 4. The van der Waals surface area contributed by atoms with Crippen LogP contribution in [0.5, 0.6) is 0 Å². The number of benzene rings is 2. The summed E-state index contributed by atoms with van der Waals surface area (Å²) in [5.41, 5.74) is 6.36. The number of carbonyl (C=O) groups excluding carboxylic acids is 2. The first-order valence-electron chi connectivity index (χ1n) is 25.1. The van der Waals surface area contributed by atoms with Gasteiger partial charge in [-0.25, -0.2) is 14.4 Å². The zero-order valence-electron chi connectivity index (χ0n) is 38.0. The van der Waals surface area contributed by atoms with Crippen LogP contribution in [-0.4, -0.2) is 77.4 Å². The highest BCUT2D eigenvalue weighted by molar-refractivity contribution is 5.74. The SMILES string of the molecule is O=C(NCCCCCCCCCCCNC(=O)NC1CCC(CCN2[C@@H]3CC[C@H]2c2ccccc23)CC1)NC1CCC(CCN2[C@@H]3CC[C@H]2c2ccccc23)CC1.O=C(O)C(F)(F)F. The summed E-state index contributed by atoms with van der Waals surface area (Å²) in [6.07, 6.45) is 23.1. The van der Waals surface area contributed by atoms with Crippen LogP contribution >= 0.6 is 0 Å². The summed E-state index contributed by atoms with van der Waals surface area (Å²) in [6, 6.07) is 21.6. The van der Waals surface area contributed by atoms with Gasteiger partial charge in [-0.2, -0.15) is 13.2 Å². The van der Waals surface area contributed by atoms with Crippen molar-refractivity contribution in [3.63, 3.8) is 0 Å². The van der Waals surface area contributed by atoms with E-state index in [0.717, 1.165) is 63.5 Å². The van der Waals surface area contributed by atoms with E-state index in [1.165, 1.54) is 122 Å². The number of nitrogens with zero attached hydrogens (tertiary/aromatic N) is 2. The molecule has 4 bridgehead atoms. The van der Waals surface area contributed by atoms with Gasteiger partial charge in [0.25, 0.3) is 0 Å². The Morgan fingerprint density at radius 1 is 0.500 bits per heavy atom. The number of halogens is 3. The molecule has 2 saturated carbocycles. The smallest absolute Gasteiger partial charge is 0.475 e. The first-order valence-corrected chi connectivity index (χ1v) is 25.1. The number of carboxylic acid groups (broad SMARTS) is 1. The average Bonchev–Trinajstić information content (AvgIpc) is 4.06. The number of carbonyl (C=O) groups is 3. The first-order chi connectivity index (χ1) is 31.0. The number of fused-ring (bicyclic) bond motifs is 10. The van der Waals surface area contributed by atoms with Gasteiger partial charge in [-0.1, -0.05) is 93.5 Å². The van der Waals surface area contributed by atoms with Gasteiger partial charge in [0.15, 0.2) is 0 Å². The second-order valence-electron chi connectivity index (χ2n) is 19.7. The number of nitrogens with one attached hydrogen (secondary N) is 4. The third-order valence-electron chi connectivity index (χ3n) is 15.6. The van der Waals surface area contributed by atoms with Crippen molar-refractivity contribution < 1.29 is 32.7 Å². The molecule has 2 aliphatic carbocycles. The number of aliphatic carboxylic acids is 1. The summed E-state index contributed by atoms with van der Waals surface area (Å²) < 4.78 is 31.7. The van der Waals surface area contributed by atoms with Crippen molar-refractivity contribution in [2.75, 3.05) is 26.2 Å². The summed E-state index contributed by atoms with van der Waals surface area (Å²) >= 11 is 0. The van der Waals surface area contributed by atoms with Crippen LogP contribution in [0.4, 0.5) is 22.8 Å². The van der Waals surface area contributed by atoms with E-state index in [4.69, 9.17) is 9.90 Å². The fourth-order valence-electron chi connectivity index (χ4n) is 12.1.